The molecule has 0 saturated carbocycles. The Kier molecular flexibility index (Phi) is 6.70. The summed E-state index contributed by atoms with van der Waals surface area (Å²) in [6, 6.07) is 9.71. The van der Waals surface area contributed by atoms with Crippen LogP contribution in [0.2, 0.25) is 0 Å². The van der Waals surface area contributed by atoms with Crippen LogP contribution in [0.1, 0.15) is 43.7 Å². The fourth-order valence-corrected chi connectivity index (χ4v) is 2.77. The first-order valence-electron chi connectivity index (χ1n) is 7.82. The van der Waals surface area contributed by atoms with Crippen LogP contribution in [0.3, 0.4) is 0 Å². The molecule has 2 rings (SSSR count). The maximum Gasteiger partial charge on any atom is 0.220 e. The van der Waals surface area contributed by atoms with E-state index in [0.29, 0.717) is 18.8 Å². The van der Waals surface area contributed by atoms with Crippen molar-refractivity contribution in [3.63, 3.8) is 0 Å². The monoisotopic (exact) mass is 291 g/mol. The van der Waals surface area contributed by atoms with E-state index < -0.39 is 0 Å². The molecule has 1 fully saturated rings. The van der Waals surface area contributed by atoms with E-state index in [1.807, 2.05) is 30.3 Å². The molecule has 0 radical (unpaired) electrons. The smallest absolute Gasteiger partial charge is 0.220 e. The summed E-state index contributed by atoms with van der Waals surface area (Å²) in [6.45, 7) is 1.71. The van der Waals surface area contributed by atoms with E-state index in [-0.39, 0.29) is 18.6 Å². The van der Waals surface area contributed by atoms with Crippen LogP contribution in [0.25, 0.3) is 0 Å². The van der Waals surface area contributed by atoms with Crippen molar-refractivity contribution in [2.75, 3.05) is 19.8 Å². The van der Waals surface area contributed by atoms with Crippen LogP contribution in [0.5, 0.6) is 0 Å². The summed E-state index contributed by atoms with van der Waals surface area (Å²) < 4.78 is 5.44. The van der Waals surface area contributed by atoms with Gasteiger partial charge in [-0.05, 0) is 37.2 Å². The molecule has 1 aromatic rings. The summed E-state index contributed by atoms with van der Waals surface area (Å²) >= 11 is 0. The fraction of sp³-hybridized carbons (Fsp3) is 0.588. The second-order valence-corrected chi connectivity index (χ2v) is 5.66. The topological polar surface area (TPSA) is 58.6 Å². The van der Waals surface area contributed by atoms with E-state index in [0.717, 1.165) is 38.0 Å². The lowest BCUT2D eigenvalue weighted by Gasteiger charge is -2.22. The molecule has 21 heavy (non-hydrogen) atoms. The minimum atomic E-state index is -0.105. The van der Waals surface area contributed by atoms with E-state index in [4.69, 9.17) is 4.74 Å². The molecule has 0 aliphatic carbocycles. The first-order chi connectivity index (χ1) is 10.3. The molecule has 1 aliphatic heterocycles. The Hall–Kier alpha value is -1.39. The molecular weight excluding hydrogens is 266 g/mol. The number of hydrogen-bond acceptors (Lipinski definition) is 3. The molecule has 1 aliphatic rings. The van der Waals surface area contributed by atoms with Crippen LogP contribution in [-0.2, 0) is 9.53 Å². The molecule has 1 saturated heterocycles. The Labute approximate surface area is 126 Å². The van der Waals surface area contributed by atoms with Crippen LogP contribution in [0.4, 0.5) is 0 Å². The first-order valence-corrected chi connectivity index (χ1v) is 7.82. The average Bonchev–Trinajstić information content (AvgIpc) is 2.54. The van der Waals surface area contributed by atoms with Gasteiger partial charge in [0.25, 0.3) is 0 Å². The second-order valence-electron chi connectivity index (χ2n) is 5.66. The van der Waals surface area contributed by atoms with Crippen LogP contribution >= 0.6 is 0 Å². The van der Waals surface area contributed by atoms with E-state index >= 15 is 0 Å². The maximum absolute atomic E-state index is 12.1. The number of ether oxygens (including phenoxy) is 1. The number of nitrogens with one attached hydrogen (secondary N) is 1. The largest absolute Gasteiger partial charge is 0.396 e. The quantitative estimate of drug-likeness (QED) is 0.811. The van der Waals surface area contributed by atoms with Gasteiger partial charge in [-0.2, -0.15) is 0 Å². The Morgan fingerprint density at radius 2 is 2.19 bits per heavy atom. The standard InChI is InChI=1S/C17H25NO3/c19-11-10-16(15-6-2-1-3-7-15)18-17(20)9-8-14-5-4-12-21-13-14/h1-3,6-7,14,16,19H,4-5,8-13H2,(H,18,20). The molecule has 2 atom stereocenters. The van der Waals surface area contributed by atoms with Crippen LogP contribution < -0.4 is 5.32 Å². The van der Waals surface area contributed by atoms with Gasteiger partial charge in [-0.3, -0.25) is 4.79 Å². The number of carbonyl (C=O) groups excluding carboxylic acids is 1. The van der Waals surface area contributed by atoms with Crippen molar-refractivity contribution in [2.24, 2.45) is 5.92 Å². The minimum Gasteiger partial charge on any atom is -0.396 e. The highest BCUT2D eigenvalue weighted by atomic mass is 16.5. The molecule has 0 spiro atoms. The highest BCUT2D eigenvalue weighted by molar-refractivity contribution is 5.76. The third-order valence-electron chi connectivity index (χ3n) is 3.99. The summed E-state index contributed by atoms with van der Waals surface area (Å²) in [6.07, 6.45) is 4.22. The molecule has 0 bridgehead atoms. The van der Waals surface area contributed by atoms with Crippen LogP contribution in [0, 0.1) is 5.92 Å². The molecule has 1 heterocycles. The fourth-order valence-electron chi connectivity index (χ4n) is 2.77. The van der Waals surface area contributed by atoms with E-state index in [1.54, 1.807) is 0 Å². The van der Waals surface area contributed by atoms with Crippen molar-refractivity contribution < 1.29 is 14.6 Å². The zero-order chi connectivity index (χ0) is 14.9. The van der Waals surface area contributed by atoms with E-state index in [2.05, 4.69) is 5.32 Å². The lowest BCUT2D eigenvalue weighted by Crippen LogP contribution is -2.30. The number of rotatable bonds is 7. The number of aliphatic hydroxyl groups is 1. The van der Waals surface area contributed by atoms with Crippen molar-refractivity contribution >= 4 is 5.91 Å². The van der Waals surface area contributed by atoms with Gasteiger partial charge in [0.2, 0.25) is 5.91 Å². The van der Waals surface area contributed by atoms with Gasteiger partial charge in [0.1, 0.15) is 0 Å². The zero-order valence-corrected chi connectivity index (χ0v) is 12.5. The Balaban J connectivity index is 1.80. The van der Waals surface area contributed by atoms with Gasteiger partial charge >= 0.3 is 0 Å². The third kappa shape index (κ3) is 5.48. The molecule has 2 N–H and O–H groups in total. The lowest BCUT2D eigenvalue weighted by atomic mass is 9.96. The van der Waals surface area contributed by atoms with E-state index in [1.165, 1.54) is 0 Å². The number of carbonyl (C=O) groups is 1. The summed E-state index contributed by atoms with van der Waals surface area (Å²) in [5.41, 5.74) is 1.04. The highest BCUT2D eigenvalue weighted by Gasteiger charge is 2.17. The summed E-state index contributed by atoms with van der Waals surface area (Å²) in [4.78, 5) is 12.1. The number of hydrogen-bond donors (Lipinski definition) is 2. The zero-order valence-electron chi connectivity index (χ0n) is 12.5. The third-order valence-corrected chi connectivity index (χ3v) is 3.99. The SMILES string of the molecule is O=C(CCC1CCCOC1)NC(CCO)c1ccccc1. The van der Waals surface area contributed by atoms with Crippen LogP contribution in [-0.4, -0.2) is 30.8 Å². The minimum absolute atomic E-state index is 0.0582. The molecule has 4 heteroatoms. The van der Waals surface area contributed by atoms with Crippen molar-refractivity contribution in [1.29, 1.82) is 0 Å². The number of aliphatic hydroxyl groups excluding tert-OH is 1. The first kappa shape index (κ1) is 16.0. The van der Waals surface area contributed by atoms with E-state index in [9.17, 15) is 9.90 Å². The number of benzene rings is 1. The van der Waals surface area contributed by atoms with Crippen molar-refractivity contribution in [3.05, 3.63) is 35.9 Å². The van der Waals surface area contributed by atoms with Gasteiger partial charge in [0, 0.05) is 26.2 Å². The Bertz CT molecular complexity index is 415. The predicted octanol–water partition coefficient (Wildman–Crippen LogP) is 2.43. The summed E-state index contributed by atoms with van der Waals surface area (Å²) in [5.74, 6) is 0.570. The molecule has 1 aromatic carbocycles. The summed E-state index contributed by atoms with van der Waals surface area (Å²) in [7, 11) is 0. The highest BCUT2D eigenvalue weighted by Crippen LogP contribution is 2.20. The Morgan fingerprint density at radius 1 is 1.38 bits per heavy atom. The molecular formula is C17H25NO3. The van der Waals surface area contributed by atoms with Crippen LogP contribution in [0.15, 0.2) is 30.3 Å². The molecule has 0 aromatic heterocycles. The molecule has 1 amide bonds. The van der Waals surface area contributed by atoms with Crippen molar-refractivity contribution in [3.8, 4) is 0 Å². The molecule has 116 valence electrons. The normalized spacial score (nSPS) is 20.0. The van der Waals surface area contributed by atoms with Gasteiger partial charge in [0.05, 0.1) is 6.04 Å². The van der Waals surface area contributed by atoms with Gasteiger partial charge in [-0.15, -0.1) is 0 Å². The van der Waals surface area contributed by atoms with Crippen molar-refractivity contribution in [1.82, 2.24) is 5.32 Å². The van der Waals surface area contributed by atoms with Gasteiger partial charge in [-0.25, -0.2) is 0 Å². The average molecular weight is 291 g/mol. The lowest BCUT2D eigenvalue weighted by molar-refractivity contribution is -0.122. The maximum atomic E-state index is 12.1. The summed E-state index contributed by atoms with van der Waals surface area (Å²) in [5, 5.41) is 12.2. The molecule has 4 nitrogen and oxygen atoms in total. The second kappa shape index (κ2) is 8.80. The van der Waals surface area contributed by atoms with Gasteiger partial charge < -0.3 is 15.2 Å². The molecule has 2 unspecified atom stereocenters. The number of amides is 1. The van der Waals surface area contributed by atoms with Gasteiger partial charge in [0.15, 0.2) is 0 Å². The van der Waals surface area contributed by atoms with Crippen molar-refractivity contribution in [2.45, 2.75) is 38.1 Å². The van der Waals surface area contributed by atoms with Gasteiger partial charge in [-0.1, -0.05) is 30.3 Å². The Morgan fingerprint density at radius 3 is 2.86 bits per heavy atom. The predicted molar refractivity (Wildman–Crippen MR) is 81.8 cm³/mol.